The number of hydrogen-bond donors (Lipinski definition) is 1. The van der Waals surface area contributed by atoms with Gasteiger partial charge in [-0.2, -0.15) is 0 Å². The average Bonchev–Trinajstić information content (AvgIpc) is 2.21. The van der Waals surface area contributed by atoms with Crippen LogP contribution in [0.2, 0.25) is 0 Å². The molecule has 2 saturated carbocycles. The van der Waals surface area contributed by atoms with E-state index in [2.05, 4.69) is 13.8 Å². The van der Waals surface area contributed by atoms with E-state index in [-0.39, 0.29) is 5.60 Å². The van der Waals surface area contributed by atoms with Crippen molar-refractivity contribution in [3.8, 4) is 0 Å². The zero-order valence-corrected chi connectivity index (χ0v) is 11.2. The summed E-state index contributed by atoms with van der Waals surface area (Å²) >= 11 is 0. The lowest BCUT2D eigenvalue weighted by Crippen LogP contribution is -2.43. The van der Waals surface area contributed by atoms with Crippen LogP contribution in [0, 0.1) is 23.7 Å². The van der Waals surface area contributed by atoms with Gasteiger partial charge in [0.1, 0.15) is 0 Å². The first-order chi connectivity index (χ1) is 7.53. The van der Waals surface area contributed by atoms with Crippen molar-refractivity contribution in [3.63, 3.8) is 0 Å². The van der Waals surface area contributed by atoms with E-state index >= 15 is 0 Å². The molecular weight excluding hydrogens is 196 g/mol. The Bertz CT molecular complexity index is 234. The van der Waals surface area contributed by atoms with Crippen LogP contribution in [0.4, 0.5) is 0 Å². The molecule has 0 heterocycles. The highest BCUT2D eigenvalue weighted by Crippen LogP contribution is 2.50. The molecule has 1 nitrogen and oxygen atoms in total. The van der Waals surface area contributed by atoms with Crippen LogP contribution in [0.25, 0.3) is 0 Å². The van der Waals surface area contributed by atoms with Crippen molar-refractivity contribution in [1.29, 1.82) is 0 Å². The van der Waals surface area contributed by atoms with Crippen molar-refractivity contribution in [2.45, 2.75) is 71.3 Å². The lowest BCUT2D eigenvalue weighted by molar-refractivity contribution is -0.0578. The quantitative estimate of drug-likeness (QED) is 0.751. The molecule has 0 aliphatic heterocycles. The first-order valence-electron chi connectivity index (χ1n) is 7.26. The van der Waals surface area contributed by atoms with Crippen LogP contribution < -0.4 is 0 Å². The Morgan fingerprint density at radius 2 is 2.00 bits per heavy atom. The Balaban J connectivity index is 2.05. The molecule has 0 saturated heterocycles. The Labute approximate surface area is 101 Å². The predicted molar refractivity (Wildman–Crippen MR) is 68.3 cm³/mol. The highest BCUT2D eigenvalue weighted by molar-refractivity contribution is 4.94. The summed E-state index contributed by atoms with van der Waals surface area (Å²) in [5.74, 6) is 3.60. The van der Waals surface area contributed by atoms with Crippen LogP contribution in [0.5, 0.6) is 0 Å². The van der Waals surface area contributed by atoms with Gasteiger partial charge in [0.2, 0.25) is 0 Å². The van der Waals surface area contributed by atoms with Crippen LogP contribution >= 0.6 is 0 Å². The van der Waals surface area contributed by atoms with E-state index < -0.39 is 0 Å². The van der Waals surface area contributed by atoms with Crippen LogP contribution in [-0.2, 0) is 0 Å². The fourth-order valence-corrected chi connectivity index (χ4v) is 4.36. The highest BCUT2D eigenvalue weighted by atomic mass is 16.3. The van der Waals surface area contributed by atoms with Gasteiger partial charge in [0.25, 0.3) is 0 Å². The summed E-state index contributed by atoms with van der Waals surface area (Å²) in [5.41, 5.74) is -0.363. The molecule has 0 spiro atoms. The molecule has 16 heavy (non-hydrogen) atoms. The van der Waals surface area contributed by atoms with Crippen LogP contribution in [0.1, 0.15) is 65.7 Å². The molecule has 0 amide bonds. The topological polar surface area (TPSA) is 20.2 Å². The summed E-state index contributed by atoms with van der Waals surface area (Å²) in [6.45, 7) is 6.80. The van der Waals surface area contributed by atoms with Gasteiger partial charge in [0, 0.05) is 0 Å². The maximum atomic E-state index is 10.2. The minimum Gasteiger partial charge on any atom is -0.390 e. The van der Waals surface area contributed by atoms with E-state index in [4.69, 9.17) is 0 Å². The van der Waals surface area contributed by atoms with E-state index in [9.17, 15) is 5.11 Å². The zero-order chi connectivity index (χ0) is 11.8. The van der Waals surface area contributed by atoms with Gasteiger partial charge in [0.15, 0.2) is 0 Å². The molecule has 0 radical (unpaired) electrons. The van der Waals surface area contributed by atoms with E-state index in [0.717, 1.165) is 36.5 Å². The average molecular weight is 224 g/mol. The second-order valence-corrected chi connectivity index (χ2v) is 6.67. The van der Waals surface area contributed by atoms with Gasteiger partial charge in [-0.1, -0.05) is 33.1 Å². The first kappa shape index (κ1) is 12.4. The molecule has 2 rings (SSSR count). The lowest BCUT2D eigenvalue weighted by atomic mass is 9.58. The number of aliphatic hydroxyl groups is 1. The monoisotopic (exact) mass is 224 g/mol. The van der Waals surface area contributed by atoms with Gasteiger partial charge < -0.3 is 5.11 Å². The normalized spacial score (nSPS) is 48.8. The van der Waals surface area contributed by atoms with Crippen molar-refractivity contribution in [2.24, 2.45) is 23.7 Å². The SMILES string of the molecule is CCC[C@@H]1[C@H]2CC[C@](C)(O)C[C@H]2CC[C@H]1C. The molecule has 94 valence electrons. The molecule has 0 bridgehead atoms. The van der Waals surface area contributed by atoms with E-state index in [1.165, 1.54) is 32.1 Å². The Kier molecular flexibility index (Phi) is 3.63. The summed E-state index contributed by atoms with van der Waals surface area (Å²) in [6.07, 6.45) is 8.85. The second kappa shape index (κ2) is 4.68. The van der Waals surface area contributed by atoms with Crippen molar-refractivity contribution >= 4 is 0 Å². The Morgan fingerprint density at radius 1 is 1.25 bits per heavy atom. The minimum absolute atomic E-state index is 0.363. The van der Waals surface area contributed by atoms with E-state index in [1.807, 2.05) is 6.92 Å². The van der Waals surface area contributed by atoms with Crippen molar-refractivity contribution in [1.82, 2.24) is 0 Å². The molecule has 2 aliphatic rings. The van der Waals surface area contributed by atoms with Gasteiger partial charge in [0.05, 0.1) is 5.60 Å². The third kappa shape index (κ3) is 2.45. The molecule has 0 unspecified atom stereocenters. The van der Waals surface area contributed by atoms with E-state index in [1.54, 1.807) is 0 Å². The number of hydrogen-bond acceptors (Lipinski definition) is 1. The third-order valence-electron chi connectivity index (χ3n) is 5.22. The maximum absolute atomic E-state index is 10.2. The molecule has 2 aliphatic carbocycles. The number of rotatable bonds is 2. The molecule has 1 N–H and O–H groups in total. The fourth-order valence-electron chi connectivity index (χ4n) is 4.36. The predicted octanol–water partition coefficient (Wildman–Crippen LogP) is 4.00. The summed E-state index contributed by atoms with van der Waals surface area (Å²) in [4.78, 5) is 0. The van der Waals surface area contributed by atoms with Gasteiger partial charge >= 0.3 is 0 Å². The maximum Gasteiger partial charge on any atom is 0.0622 e. The summed E-state index contributed by atoms with van der Waals surface area (Å²) in [7, 11) is 0. The zero-order valence-electron chi connectivity index (χ0n) is 11.2. The summed E-state index contributed by atoms with van der Waals surface area (Å²) < 4.78 is 0. The molecule has 0 aromatic carbocycles. The largest absolute Gasteiger partial charge is 0.390 e. The molecule has 0 aromatic heterocycles. The van der Waals surface area contributed by atoms with Crippen molar-refractivity contribution < 1.29 is 5.11 Å². The minimum atomic E-state index is -0.363. The standard InChI is InChI=1S/C15H28O/c1-4-5-13-11(2)6-7-12-10-15(3,16)9-8-14(12)13/h11-14,16H,4-10H2,1-3H3/t11-,12-,13+,14+,15+/m1/s1. The Hall–Kier alpha value is -0.0400. The van der Waals surface area contributed by atoms with Crippen molar-refractivity contribution in [2.75, 3.05) is 0 Å². The van der Waals surface area contributed by atoms with E-state index in [0.29, 0.717) is 0 Å². The summed E-state index contributed by atoms with van der Waals surface area (Å²) in [6, 6.07) is 0. The molecular formula is C15H28O. The van der Waals surface area contributed by atoms with Crippen LogP contribution in [0.15, 0.2) is 0 Å². The fraction of sp³-hybridized carbons (Fsp3) is 1.00. The number of fused-ring (bicyclic) bond motifs is 1. The van der Waals surface area contributed by atoms with Gasteiger partial charge in [-0.05, 0) is 56.3 Å². The molecule has 5 atom stereocenters. The first-order valence-corrected chi connectivity index (χ1v) is 7.26. The van der Waals surface area contributed by atoms with Crippen LogP contribution in [0.3, 0.4) is 0 Å². The highest BCUT2D eigenvalue weighted by Gasteiger charge is 2.43. The van der Waals surface area contributed by atoms with Crippen molar-refractivity contribution in [3.05, 3.63) is 0 Å². The second-order valence-electron chi connectivity index (χ2n) is 6.67. The molecule has 0 aromatic rings. The molecule has 2 fully saturated rings. The Morgan fingerprint density at radius 3 is 2.69 bits per heavy atom. The van der Waals surface area contributed by atoms with Gasteiger partial charge in [-0.3, -0.25) is 0 Å². The van der Waals surface area contributed by atoms with Gasteiger partial charge in [-0.25, -0.2) is 0 Å². The molecule has 1 heteroatoms. The smallest absolute Gasteiger partial charge is 0.0622 e. The third-order valence-corrected chi connectivity index (χ3v) is 5.22. The lowest BCUT2D eigenvalue weighted by Gasteiger charge is -2.48. The van der Waals surface area contributed by atoms with Gasteiger partial charge in [-0.15, -0.1) is 0 Å². The van der Waals surface area contributed by atoms with Crippen LogP contribution in [-0.4, -0.2) is 10.7 Å². The summed E-state index contributed by atoms with van der Waals surface area (Å²) in [5, 5.41) is 10.2.